The third-order valence-corrected chi connectivity index (χ3v) is 7.20. The fourth-order valence-corrected chi connectivity index (χ4v) is 5.39. The van der Waals surface area contributed by atoms with E-state index in [0.717, 1.165) is 33.5 Å². The number of nitrogens with zero attached hydrogens (tertiary/aromatic N) is 2. The summed E-state index contributed by atoms with van der Waals surface area (Å²) in [5, 5.41) is 5.35. The maximum absolute atomic E-state index is 12.8. The summed E-state index contributed by atoms with van der Waals surface area (Å²) in [4.78, 5) is 25.6. The van der Waals surface area contributed by atoms with Crippen LogP contribution in [0.5, 0.6) is 0 Å². The van der Waals surface area contributed by atoms with Gasteiger partial charge < -0.3 is 0 Å². The zero-order chi connectivity index (χ0) is 16.6. The van der Waals surface area contributed by atoms with E-state index in [4.69, 9.17) is 0 Å². The number of carbonyl (C=O) groups is 2. The molecule has 1 aromatic rings. The van der Waals surface area contributed by atoms with Crippen LogP contribution < -0.4 is 0 Å². The van der Waals surface area contributed by atoms with Crippen LogP contribution in [0.3, 0.4) is 0 Å². The highest BCUT2D eigenvalue weighted by molar-refractivity contribution is 9.10. The van der Waals surface area contributed by atoms with E-state index < -0.39 is 0 Å². The minimum absolute atomic E-state index is 0.115. The van der Waals surface area contributed by atoms with Gasteiger partial charge in [0.15, 0.2) is 0 Å². The van der Waals surface area contributed by atoms with Gasteiger partial charge in [0, 0.05) is 4.47 Å². The summed E-state index contributed by atoms with van der Waals surface area (Å²) < 4.78 is 0.986. The summed E-state index contributed by atoms with van der Waals surface area (Å²) in [6.45, 7) is 2.01. The summed E-state index contributed by atoms with van der Waals surface area (Å²) in [5.74, 6) is -0.102. The van der Waals surface area contributed by atoms with E-state index >= 15 is 0 Å². The number of hydrazone groups is 1. The lowest BCUT2D eigenvalue weighted by molar-refractivity contribution is -0.141. The predicted octanol–water partition coefficient (Wildman–Crippen LogP) is 3.29. The van der Waals surface area contributed by atoms with E-state index in [9.17, 15) is 9.59 Å². The Labute approximate surface area is 148 Å². The molecular weight excluding hydrogens is 368 g/mol. The van der Waals surface area contributed by atoms with Gasteiger partial charge in [0.25, 0.3) is 11.8 Å². The first kappa shape index (κ1) is 14.6. The monoisotopic (exact) mass is 384 g/mol. The molecule has 0 radical (unpaired) electrons. The number of hydrogen-bond donors (Lipinski definition) is 0. The van der Waals surface area contributed by atoms with Crippen LogP contribution in [0.1, 0.15) is 24.0 Å². The molecule has 4 aliphatic rings. The number of imide groups is 1. The topological polar surface area (TPSA) is 49.7 Å². The first-order valence-corrected chi connectivity index (χ1v) is 9.18. The molecule has 1 heterocycles. The number of carbonyl (C=O) groups excluding carboxylic acids is 2. The number of rotatable bonds is 2. The Hall–Kier alpha value is -1.75. The number of amides is 2. The highest BCUT2D eigenvalue weighted by atomic mass is 79.9. The van der Waals surface area contributed by atoms with E-state index in [-0.39, 0.29) is 40.9 Å². The van der Waals surface area contributed by atoms with E-state index in [0.29, 0.717) is 0 Å². The van der Waals surface area contributed by atoms with Crippen molar-refractivity contribution >= 4 is 34.0 Å². The lowest BCUT2D eigenvalue weighted by Gasteiger charge is -2.18. The number of halogens is 1. The molecule has 2 bridgehead atoms. The molecule has 3 fully saturated rings. The fraction of sp³-hybridized carbons (Fsp3) is 0.421. The average Bonchev–Trinajstić information content (AvgIpc) is 3.16. The van der Waals surface area contributed by atoms with Gasteiger partial charge in [-0.25, -0.2) is 0 Å². The van der Waals surface area contributed by atoms with Crippen LogP contribution in [0.4, 0.5) is 0 Å². The second kappa shape index (κ2) is 4.66. The Bertz CT molecular complexity index is 806. The Morgan fingerprint density at radius 2 is 1.79 bits per heavy atom. The average molecular weight is 385 g/mol. The minimum atomic E-state index is -0.183. The van der Waals surface area contributed by atoms with Gasteiger partial charge in [0.05, 0.1) is 18.1 Å². The van der Waals surface area contributed by atoms with E-state index in [1.807, 2.05) is 25.1 Å². The maximum Gasteiger partial charge on any atom is 0.254 e. The summed E-state index contributed by atoms with van der Waals surface area (Å²) in [6.07, 6.45) is 8.26. The smallest absolute Gasteiger partial charge is 0.254 e. The number of aryl methyl sites for hydroxylation is 1. The number of hydrogen-bond acceptors (Lipinski definition) is 3. The summed E-state index contributed by atoms with van der Waals surface area (Å²) in [6, 6.07) is 5.85. The van der Waals surface area contributed by atoms with Gasteiger partial charge in [-0.1, -0.05) is 40.2 Å². The second-order valence-electron chi connectivity index (χ2n) is 7.46. The number of allylic oxidation sites excluding steroid dienone is 2. The van der Waals surface area contributed by atoms with Crippen molar-refractivity contribution in [3.8, 4) is 0 Å². The zero-order valence-electron chi connectivity index (χ0n) is 13.3. The standard InChI is InChI=1S/C19H17BrN2O2/c1-10-2-3-11(8-14(10)20)9-21-22-17(23)15-12-4-5-13(16(15)18(22)24)19(12)6-7-19/h2-5,8-9,12-13,15-16H,6-7H2,1H3/b21-9-/t12-,13-,15-,16+/m1/s1. The third kappa shape index (κ3) is 1.71. The maximum atomic E-state index is 12.8. The molecule has 1 aliphatic heterocycles. The molecule has 4 atom stereocenters. The van der Waals surface area contributed by atoms with Crippen molar-refractivity contribution in [2.24, 2.45) is 34.2 Å². The normalized spacial score (nSPS) is 34.8. The lowest BCUT2D eigenvalue weighted by atomic mass is 9.85. The van der Waals surface area contributed by atoms with Gasteiger partial charge in [0.1, 0.15) is 0 Å². The van der Waals surface area contributed by atoms with Crippen molar-refractivity contribution in [1.82, 2.24) is 5.01 Å². The molecule has 5 rings (SSSR count). The summed E-state index contributed by atoms with van der Waals surface area (Å²) >= 11 is 3.49. The molecule has 5 heteroatoms. The molecule has 1 aromatic carbocycles. The van der Waals surface area contributed by atoms with Gasteiger partial charge in [0.2, 0.25) is 0 Å². The lowest BCUT2D eigenvalue weighted by Crippen LogP contribution is -2.30. The minimum Gasteiger partial charge on any atom is -0.272 e. The van der Waals surface area contributed by atoms with Crippen LogP contribution in [0, 0.1) is 36.0 Å². The van der Waals surface area contributed by atoms with Gasteiger partial charge in [-0.3, -0.25) is 9.59 Å². The van der Waals surface area contributed by atoms with Crippen molar-refractivity contribution in [2.45, 2.75) is 19.8 Å². The van der Waals surface area contributed by atoms with Crippen molar-refractivity contribution in [1.29, 1.82) is 0 Å². The van der Waals surface area contributed by atoms with Crippen LogP contribution in [0.25, 0.3) is 0 Å². The van der Waals surface area contributed by atoms with Crippen LogP contribution in [-0.2, 0) is 9.59 Å². The van der Waals surface area contributed by atoms with Crippen LogP contribution in [0.15, 0.2) is 39.9 Å². The highest BCUT2D eigenvalue weighted by Gasteiger charge is 2.73. The summed E-state index contributed by atoms with van der Waals surface area (Å²) in [7, 11) is 0. The van der Waals surface area contributed by atoms with Gasteiger partial charge in [-0.15, -0.1) is 0 Å². The first-order valence-electron chi connectivity index (χ1n) is 8.39. The molecule has 122 valence electrons. The van der Waals surface area contributed by atoms with E-state index in [1.54, 1.807) is 6.21 Å². The zero-order valence-corrected chi connectivity index (χ0v) is 14.9. The van der Waals surface area contributed by atoms with Crippen molar-refractivity contribution in [3.63, 3.8) is 0 Å². The molecule has 3 aliphatic carbocycles. The first-order chi connectivity index (χ1) is 11.5. The molecule has 1 spiro atoms. The number of fused-ring (bicyclic) bond motifs is 3. The highest BCUT2D eigenvalue weighted by Crippen LogP contribution is 2.73. The molecular formula is C19H17BrN2O2. The Morgan fingerprint density at radius 3 is 2.33 bits per heavy atom. The van der Waals surface area contributed by atoms with Crippen LogP contribution in [-0.4, -0.2) is 23.0 Å². The molecule has 0 unspecified atom stereocenters. The van der Waals surface area contributed by atoms with Crippen molar-refractivity contribution < 1.29 is 9.59 Å². The van der Waals surface area contributed by atoms with E-state index in [2.05, 4.69) is 33.2 Å². The molecule has 24 heavy (non-hydrogen) atoms. The Morgan fingerprint density at radius 1 is 1.17 bits per heavy atom. The quantitative estimate of drug-likeness (QED) is 0.446. The molecule has 2 amide bonds. The van der Waals surface area contributed by atoms with E-state index in [1.165, 1.54) is 0 Å². The van der Waals surface area contributed by atoms with Crippen molar-refractivity contribution in [3.05, 3.63) is 46.0 Å². The molecule has 4 nitrogen and oxygen atoms in total. The summed E-state index contributed by atoms with van der Waals surface area (Å²) in [5.41, 5.74) is 2.23. The number of benzene rings is 1. The van der Waals surface area contributed by atoms with Crippen molar-refractivity contribution in [2.75, 3.05) is 0 Å². The molecule has 0 N–H and O–H groups in total. The third-order valence-electron chi connectivity index (χ3n) is 6.35. The van der Waals surface area contributed by atoms with Crippen LogP contribution >= 0.6 is 15.9 Å². The molecule has 1 saturated heterocycles. The SMILES string of the molecule is Cc1ccc(/C=N\N2C(=O)[C@@H]3[C@H](C2=O)[C@H]2C=C[C@H]3C23CC3)cc1Br. The van der Waals surface area contributed by atoms with Gasteiger partial charge in [-0.2, -0.15) is 10.1 Å². The van der Waals surface area contributed by atoms with Gasteiger partial charge >= 0.3 is 0 Å². The predicted molar refractivity (Wildman–Crippen MR) is 93.1 cm³/mol. The fourth-order valence-electron chi connectivity index (χ4n) is 4.99. The Kier molecular flexibility index (Phi) is 2.83. The van der Waals surface area contributed by atoms with Crippen LogP contribution in [0.2, 0.25) is 0 Å². The molecule has 2 saturated carbocycles. The largest absolute Gasteiger partial charge is 0.272 e. The Balaban J connectivity index is 1.43. The second-order valence-corrected chi connectivity index (χ2v) is 8.32. The van der Waals surface area contributed by atoms with Gasteiger partial charge in [-0.05, 0) is 54.2 Å². The molecule has 0 aromatic heterocycles.